The zero-order valence-electron chi connectivity index (χ0n) is 33.5. The van der Waals surface area contributed by atoms with Crippen LogP contribution in [0.4, 0.5) is 34.1 Å². The summed E-state index contributed by atoms with van der Waals surface area (Å²) in [5.41, 5.74) is 16.3. The Morgan fingerprint density at radius 1 is 0.375 bits per heavy atom. The minimum atomic E-state index is -0.198. The van der Waals surface area contributed by atoms with Crippen LogP contribution in [0, 0.1) is 27.7 Å². The number of anilines is 6. The summed E-state index contributed by atoms with van der Waals surface area (Å²) in [5.74, 6) is -0.396. The first-order valence-corrected chi connectivity index (χ1v) is 19.4. The molecule has 6 rings (SSSR count). The second kappa shape index (κ2) is 18.5. The van der Waals surface area contributed by atoms with Gasteiger partial charge in [0.15, 0.2) is 0 Å². The molecule has 0 amide bonds. The molecule has 6 heteroatoms. The van der Waals surface area contributed by atoms with Crippen molar-refractivity contribution in [3.8, 4) is 0 Å². The second-order valence-electron chi connectivity index (χ2n) is 14.5. The summed E-state index contributed by atoms with van der Waals surface area (Å²) in [5, 5.41) is 0. The van der Waals surface area contributed by atoms with Crippen molar-refractivity contribution >= 4 is 46.1 Å². The number of benzene rings is 6. The minimum absolute atomic E-state index is 0.198. The number of ether oxygens (including phenoxy) is 2. The summed E-state index contributed by atoms with van der Waals surface area (Å²) >= 11 is 0. The van der Waals surface area contributed by atoms with Crippen molar-refractivity contribution in [2.24, 2.45) is 0 Å². The second-order valence-corrected chi connectivity index (χ2v) is 14.5. The number of hydrogen-bond donors (Lipinski definition) is 0. The van der Waals surface area contributed by atoms with Crippen LogP contribution in [0.1, 0.15) is 57.3 Å². The predicted octanol–water partition coefficient (Wildman–Crippen LogP) is 11.9. The highest BCUT2D eigenvalue weighted by Crippen LogP contribution is 2.37. The van der Waals surface area contributed by atoms with Crippen LogP contribution >= 0.6 is 0 Å². The highest BCUT2D eigenvalue weighted by molar-refractivity contribution is 5.79. The first-order chi connectivity index (χ1) is 27.1. The van der Waals surface area contributed by atoms with Crippen LogP contribution in [0.3, 0.4) is 0 Å². The fourth-order valence-electron chi connectivity index (χ4n) is 6.86. The molecule has 6 aromatic rings. The van der Waals surface area contributed by atoms with Gasteiger partial charge in [-0.2, -0.15) is 0 Å². The molecule has 0 aromatic heterocycles. The van der Waals surface area contributed by atoms with Gasteiger partial charge < -0.3 is 19.3 Å². The Bertz CT molecular complexity index is 2080. The monoisotopic (exact) mass is 744 g/mol. The molecule has 0 saturated heterocycles. The lowest BCUT2D eigenvalue weighted by molar-refractivity contribution is -0.141. The molecule has 56 heavy (non-hydrogen) atoms. The molecular formula is C50H52N2O4. The molecule has 0 spiro atoms. The van der Waals surface area contributed by atoms with E-state index in [9.17, 15) is 9.59 Å². The fourth-order valence-corrected chi connectivity index (χ4v) is 6.86. The quantitative estimate of drug-likeness (QED) is 0.0976. The van der Waals surface area contributed by atoms with E-state index in [0.717, 1.165) is 58.1 Å². The highest BCUT2D eigenvalue weighted by Gasteiger charge is 2.16. The van der Waals surface area contributed by atoms with Crippen molar-refractivity contribution in [2.45, 2.75) is 66.2 Å². The van der Waals surface area contributed by atoms with Gasteiger partial charge in [-0.05, 0) is 171 Å². The zero-order chi connectivity index (χ0) is 39.6. The van der Waals surface area contributed by atoms with Crippen LogP contribution in [0.5, 0.6) is 0 Å². The molecule has 0 aliphatic carbocycles. The molecule has 286 valence electrons. The molecule has 0 N–H and O–H groups in total. The van der Waals surface area contributed by atoms with Crippen molar-refractivity contribution in [1.29, 1.82) is 0 Å². The van der Waals surface area contributed by atoms with Gasteiger partial charge in [0.05, 0.1) is 14.2 Å². The predicted molar refractivity (Wildman–Crippen MR) is 229 cm³/mol. The van der Waals surface area contributed by atoms with E-state index in [0.29, 0.717) is 25.7 Å². The number of rotatable bonds is 15. The maximum absolute atomic E-state index is 11.7. The summed E-state index contributed by atoms with van der Waals surface area (Å²) in [6.07, 6.45) is 3.87. The number of esters is 2. The van der Waals surface area contributed by atoms with E-state index in [1.807, 2.05) is 0 Å². The summed E-state index contributed by atoms with van der Waals surface area (Å²) in [7, 11) is 2.86. The third-order valence-electron chi connectivity index (χ3n) is 10.7. The molecular weight excluding hydrogens is 693 g/mol. The molecule has 0 unspecified atom stereocenters. The Labute approximate surface area is 332 Å². The Morgan fingerprint density at radius 2 is 0.643 bits per heavy atom. The SMILES string of the molecule is COC(=O)CCc1ccc(N(c2ccc(CCc3ccc(N(c4ccc(CCC(=O)OC)cc4)c4ccc(C)c(C)c4)cc3)cc2)c2ccc(C)c(C)c2)cc1. The van der Waals surface area contributed by atoms with Gasteiger partial charge in [-0.1, -0.05) is 60.7 Å². The van der Waals surface area contributed by atoms with Crippen LogP contribution in [-0.2, 0) is 44.7 Å². The molecule has 0 aliphatic heterocycles. The van der Waals surface area contributed by atoms with E-state index >= 15 is 0 Å². The van der Waals surface area contributed by atoms with E-state index in [2.05, 4.69) is 171 Å². The molecule has 0 saturated carbocycles. The van der Waals surface area contributed by atoms with E-state index < -0.39 is 0 Å². The average Bonchev–Trinajstić information content (AvgIpc) is 3.22. The Hall–Kier alpha value is -6.14. The maximum atomic E-state index is 11.7. The summed E-state index contributed by atoms with van der Waals surface area (Å²) in [6, 6.07) is 47.8. The van der Waals surface area contributed by atoms with Gasteiger partial charge in [0.1, 0.15) is 0 Å². The van der Waals surface area contributed by atoms with Crippen molar-refractivity contribution in [3.63, 3.8) is 0 Å². The van der Waals surface area contributed by atoms with Gasteiger partial charge in [-0.25, -0.2) is 0 Å². The van der Waals surface area contributed by atoms with Crippen LogP contribution in [0.25, 0.3) is 0 Å². The fraction of sp³-hybridized carbons (Fsp3) is 0.240. The van der Waals surface area contributed by atoms with E-state index in [1.165, 1.54) is 47.6 Å². The normalized spacial score (nSPS) is 10.9. The largest absolute Gasteiger partial charge is 0.469 e. The molecule has 6 aromatic carbocycles. The smallest absolute Gasteiger partial charge is 0.305 e. The maximum Gasteiger partial charge on any atom is 0.305 e. The lowest BCUT2D eigenvalue weighted by Gasteiger charge is -2.27. The van der Waals surface area contributed by atoms with Gasteiger partial charge >= 0.3 is 11.9 Å². The van der Waals surface area contributed by atoms with E-state index in [4.69, 9.17) is 9.47 Å². The molecule has 0 bridgehead atoms. The molecule has 0 aliphatic rings. The number of hydrogen-bond acceptors (Lipinski definition) is 6. The Kier molecular flexibility index (Phi) is 13.0. The van der Waals surface area contributed by atoms with Gasteiger partial charge in [-0.15, -0.1) is 0 Å². The van der Waals surface area contributed by atoms with Crippen molar-refractivity contribution in [2.75, 3.05) is 24.0 Å². The first kappa shape index (κ1) is 39.6. The summed E-state index contributed by atoms with van der Waals surface area (Å²) in [4.78, 5) is 28.0. The van der Waals surface area contributed by atoms with Gasteiger partial charge in [-0.3, -0.25) is 9.59 Å². The van der Waals surface area contributed by atoms with Crippen LogP contribution < -0.4 is 9.80 Å². The first-order valence-electron chi connectivity index (χ1n) is 19.4. The summed E-state index contributed by atoms with van der Waals surface area (Å²) < 4.78 is 9.66. The third kappa shape index (κ3) is 9.93. The molecule has 0 radical (unpaired) electrons. The van der Waals surface area contributed by atoms with Gasteiger partial charge in [0.25, 0.3) is 0 Å². The Balaban J connectivity index is 1.18. The zero-order valence-corrected chi connectivity index (χ0v) is 33.5. The number of carbonyl (C=O) groups excluding carboxylic acids is 2. The van der Waals surface area contributed by atoms with Crippen LogP contribution in [0.15, 0.2) is 133 Å². The van der Waals surface area contributed by atoms with Gasteiger partial charge in [0.2, 0.25) is 0 Å². The Morgan fingerprint density at radius 3 is 0.911 bits per heavy atom. The number of methoxy groups -OCH3 is 2. The van der Waals surface area contributed by atoms with Gasteiger partial charge in [0, 0.05) is 47.0 Å². The molecule has 0 fully saturated rings. The molecule has 6 nitrogen and oxygen atoms in total. The topological polar surface area (TPSA) is 59.1 Å². The van der Waals surface area contributed by atoms with Crippen molar-refractivity contribution in [1.82, 2.24) is 0 Å². The van der Waals surface area contributed by atoms with Crippen LogP contribution in [-0.4, -0.2) is 26.2 Å². The van der Waals surface area contributed by atoms with Crippen molar-refractivity contribution < 1.29 is 19.1 Å². The van der Waals surface area contributed by atoms with E-state index in [1.54, 1.807) is 0 Å². The minimum Gasteiger partial charge on any atom is -0.469 e. The van der Waals surface area contributed by atoms with E-state index in [-0.39, 0.29) is 11.9 Å². The van der Waals surface area contributed by atoms with Crippen LogP contribution in [0.2, 0.25) is 0 Å². The molecule has 0 heterocycles. The molecule has 0 atom stereocenters. The lowest BCUT2D eigenvalue weighted by atomic mass is 10.0. The number of carbonyl (C=O) groups is 2. The van der Waals surface area contributed by atoms with Crippen molar-refractivity contribution in [3.05, 3.63) is 178 Å². The third-order valence-corrected chi connectivity index (χ3v) is 10.7. The average molecular weight is 745 g/mol. The summed E-state index contributed by atoms with van der Waals surface area (Å²) in [6.45, 7) is 8.58. The lowest BCUT2D eigenvalue weighted by Crippen LogP contribution is -2.11. The number of nitrogens with zero attached hydrogens (tertiary/aromatic N) is 2. The standard InChI is InChI=1S/C50H52N2O4/c1-35-7-21-47(33-37(35)3)51(45-27-15-41(16-28-45)19-31-49(53)55-5)43-23-11-39(12-24-43)9-10-40-13-25-44(26-14-40)52(48-22-8-36(2)38(4)34-48)46-29-17-42(18-30-46)20-32-50(54)56-6/h7-8,11-18,21-30,33-34H,9-10,19-20,31-32H2,1-6H3. The highest BCUT2D eigenvalue weighted by atomic mass is 16.5. The number of aryl methyl sites for hydroxylation is 8.